The molecule has 1 aromatic rings. The van der Waals surface area contributed by atoms with Crippen molar-refractivity contribution in [1.29, 1.82) is 0 Å². The summed E-state index contributed by atoms with van der Waals surface area (Å²) in [4.78, 5) is 27.5. The fraction of sp³-hybridized carbons (Fsp3) is 0.444. The first-order chi connectivity index (χ1) is 8.77. The molecule has 3 N–H and O–H groups in total. The molecular weight excluding hydrogens is 278 g/mol. The van der Waals surface area contributed by atoms with E-state index < -0.39 is 35.1 Å². The second-order valence-electron chi connectivity index (χ2n) is 3.61. The van der Waals surface area contributed by atoms with E-state index in [0.717, 1.165) is 6.20 Å². The highest BCUT2D eigenvalue weighted by molar-refractivity contribution is 7.89. The minimum Gasteiger partial charge on any atom is -0.480 e. The molecule has 0 spiro atoms. The first kappa shape index (κ1) is 15.1. The molecule has 1 heterocycles. The smallest absolute Gasteiger partial charge is 0.318 e. The molecule has 1 rings (SSSR count). The number of aryl methyl sites for hydroxylation is 1. The molecule has 0 aliphatic carbocycles. The Labute approximate surface area is 108 Å². The van der Waals surface area contributed by atoms with Crippen LogP contribution < -0.4 is 0 Å². The van der Waals surface area contributed by atoms with E-state index in [9.17, 15) is 18.0 Å². The normalized spacial score (nSPS) is 11.7. The number of carboxylic acids is 2. The van der Waals surface area contributed by atoms with Gasteiger partial charge in [0.1, 0.15) is 18.9 Å². The van der Waals surface area contributed by atoms with Gasteiger partial charge in [-0.1, -0.05) is 6.92 Å². The average Bonchev–Trinajstić information content (AvgIpc) is 2.75. The van der Waals surface area contributed by atoms with Crippen LogP contribution in [-0.2, 0) is 26.0 Å². The number of hydrogen-bond donors (Lipinski definition) is 3. The largest absolute Gasteiger partial charge is 0.480 e. The lowest BCUT2D eigenvalue weighted by atomic mass is 10.5. The lowest BCUT2D eigenvalue weighted by Crippen LogP contribution is -2.39. The molecule has 0 bridgehead atoms. The predicted octanol–water partition coefficient (Wildman–Crippen LogP) is -0.868. The topological polar surface area (TPSA) is 141 Å². The van der Waals surface area contributed by atoms with Crippen molar-refractivity contribution in [3.05, 3.63) is 12.0 Å². The second kappa shape index (κ2) is 5.80. The Morgan fingerprint density at radius 3 is 2.21 bits per heavy atom. The zero-order valence-electron chi connectivity index (χ0n) is 10.0. The first-order valence-electron chi connectivity index (χ1n) is 5.25. The molecule has 0 saturated carbocycles. The van der Waals surface area contributed by atoms with Gasteiger partial charge in [0, 0.05) is 6.42 Å². The maximum absolute atomic E-state index is 12.1. The number of carbonyl (C=O) groups is 2. The van der Waals surface area contributed by atoms with Crippen LogP contribution in [0.1, 0.15) is 12.7 Å². The molecule has 0 aliphatic rings. The van der Waals surface area contributed by atoms with E-state index in [1.54, 1.807) is 6.92 Å². The van der Waals surface area contributed by atoms with Crippen LogP contribution >= 0.6 is 0 Å². The Bertz CT molecular complexity index is 563. The van der Waals surface area contributed by atoms with Gasteiger partial charge >= 0.3 is 11.9 Å². The van der Waals surface area contributed by atoms with Crippen LogP contribution in [0.2, 0.25) is 0 Å². The summed E-state index contributed by atoms with van der Waals surface area (Å²) in [7, 11) is -4.23. The third kappa shape index (κ3) is 3.76. The van der Waals surface area contributed by atoms with Crippen LogP contribution in [0.5, 0.6) is 0 Å². The minimum absolute atomic E-state index is 0.327. The highest BCUT2D eigenvalue weighted by Gasteiger charge is 2.30. The molecule has 0 aromatic carbocycles. The molecule has 0 amide bonds. The molecule has 19 heavy (non-hydrogen) atoms. The van der Waals surface area contributed by atoms with E-state index in [2.05, 4.69) is 9.97 Å². The Morgan fingerprint density at radius 1 is 1.32 bits per heavy atom. The fourth-order valence-corrected chi connectivity index (χ4v) is 2.59. The molecule has 106 valence electrons. The van der Waals surface area contributed by atoms with Gasteiger partial charge in [-0.25, -0.2) is 13.4 Å². The average molecular weight is 291 g/mol. The molecule has 1 aromatic heterocycles. The van der Waals surface area contributed by atoms with Gasteiger partial charge in [-0.3, -0.25) is 9.59 Å². The Balaban J connectivity index is 3.10. The summed E-state index contributed by atoms with van der Waals surface area (Å²) in [6.07, 6.45) is 1.50. The van der Waals surface area contributed by atoms with E-state index in [1.807, 2.05) is 0 Å². The molecule has 10 heteroatoms. The number of nitrogens with zero attached hydrogens (tertiary/aromatic N) is 2. The van der Waals surface area contributed by atoms with Crippen molar-refractivity contribution in [1.82, 2.24) is 14.3 Å². The summed E-state index contributed by atoms with van der Waals surface area (Å²) >= 11 is 0. The highest BCUT2D eigenvalue weighted by atomic mass is 32.2. The van der Waals surface area contributed by atoms with Gasteiger partial charge in [-0.05, 0) is 0 Å². The quantitative estimate of drug-likeness (QED) is 0.593. The molecule has 0 unspecified atom stereocenters. The number of aromatic amines is 1. The highest BCUT2D eigenvalue weighted by Crippen LogP contribution is 2.13. The summed E-state index contributed by atoms with van der Waals surface area (Å²) in [5.74, 6) is -2.48. The van der Waals surface area contributed by atoms with Gasteiger partial charge in [0.05, 0.1) is 6.20 Å². The summed E-state index contributed by atoms with van der Waals surface area (Å²) in [6, 6.07) is 0. The summed E-state index contributed by atoms with van der Waals surface area (Å²) in [5, 5.41) is 16.9. The van der Waals surface area contributed by atoms with Crippen LogP contribution in [-0.4, -0.2) is 57.9 Å². The third-order valence-corrected chi connectivity index (χ3v) is 3.88. The van der Waals surface area contributed by atoms with E-state index in [1.165, 1.54) is 0 Å². The number of nitrogens with one attached hydrogen (secondary N) is 1. The van der Waals surface area contributed by atoms with Crippen LogP contribution in [0.25, 0.3) is 0 Å². The minimum atomic E-state index is -4.23. The Hall–Kier alpha value is -1.94. The number of carboxylic acid groups (broad SMARTS) is 2. The van der Waals surface area contributed by atoms with Crippen LogP contribution in [0, 0.1) is 0 Å². The molecular formula is C9H13N3O6S. The van der Waals surface area contributed by atoms with Crippen molar-refractivity contribution >= 4 is 22.0 Å². The number of hydrogen-bond acceptors (Lipinski definition) is 5. The van der Waals surface area contributed by atoms with Gasteiger partial charge in [0.25, 0.3) is 10.0 Å². The van der Waals surface area contributed by atoms with E-state index in [-0.39, 0.29) is 5.03 Å². The second-order valence-corrected chi connectivity index (χ2v) is 5.51. The first-order valence-corrected chi connectivity index (χ1v) is 6.69. The van der Waals surface area contributed by atoms with E-state index >= 15 is 0 Å². The number of aromatic nitrogens is 2. The fourth-order valence-electron chi connectivity index (χ4n) is 1.32. The Kier molecular flexibility index (Phi) is 4.62. The molecule has 0 aliphatic heterocycles. The SMILES string of the molecule is CCc1ncc(S(=O)(=O)N(CC(=O)O)CC(=O)O)[nH]1. The zero-order valence-corrected chi connectivity index (χ0v) is 10.8. The van der Waals surface area contributed by atoms with Crippen molar-refractivity contribution in [2.75, 3.05) is 13.1 Å². The van der Waals surface area contributed by atoms with Crippen molar-refractivity contribution in [3.8, 4) is 0 Å². The predicted molar refractivity (Wildman–Crippen MR) is 62.0 cm³/mol. The molecule has 0 radical (unpaired) electrons. The number of H-pyrrole nitrogens is 1. The van der Waals surface area contributed by atoms with Crippen molar-refractivity contribution in [2.45, 2.75) is 18.4 Å². The monoisotopic (exact) mass is 291 g/mol. The Morgan fingerprint density at radius 2 is 1.84 bits per heavy atom. The van der Waals surface area contributed by atoms with Crippen molar-refractivity contribution in [3.63, 3.8) is 0 Å². The molecule has 0 saturated heterocycles. The van der Waals surface area contributed by atoms with Gasteiger partial charge in [0.15, 0.2) is 5.03 Å². The van der Waals surface area contributed by atoms with Gasteiger partial charge < -0.3 is 15.2 Å². The standard InChI is InChI=1S/C9H13N3O6S/c1-2-6-10-3-7(11-6)19(17,18)12(4-8(13)14)5-9(15)16/h3H,2,4-5H2,1H3,(H,10,11)(H,13,14)(H,15,16). The van der Waals surface area contributed by atoms with Gasteiger partial charge in [-0.15, -0.1) is 0 Å². The number of imidazole rings is 1. The number of sulfonamides is 1. The maximum Gasteiger partial charge on any atom is 0.318 e. The lowest BCUT2D eigenvalue weighted by Gasteiger charge is -2.16. The number of aliphatic carboxylic acids is 2. The summed E-state index contributed by atoms with van der Waals surface area (Å²) in [6.45, 7) is -0.119. The number of rotatable bonds is 7. The van der Waals surface area contributed by atoms with E-state index in [0.29, 0.717) is 16.6 Å². The molecule has 0 fully saturated rings. The summed E-state index contributed by atoms with van der Waals surface area (Å²) < 4.78 is 24.5. The molecule has 0 atom stereocenters. The van der Waals surface area contributed by atoms with Gasteiger partial charge in [0.2, 0.25) is 0 Å². The van der Waals surface area contributed by atoms with Crippen molar-refractivity contribution < 1.29 is 28.2 Å². The van der Waals surface area contributed by atoms with Crippen LogP contribution in [0.4, 0.5) is 0 Å². The zero-order chi connectivity index (χ0) is 14.6. The van der Waals surface area contributed by atoms with Gasteiger partial charge in [-0.2, -0.15) is 4.31 Å². The van der Waals surface area contributed by atoms with Crippen LogP contribution in [0.3, 0.4) is 0 Å². The third-order valence-electron chi connectivity index (χ3n) is 2.18. The van der Waals surface area contributed by atoms with E-state index in [4.69, 9.17) is 10.2 Å². The van der Waals surface area contributed by atoms with Crippen LogP contribution in [0.15, 0.2) is 11.2 Å². The molecule has 9 nitrogen and oxygen atoms in total. The summed E-state index contributed by atoms with van der Waals surface area (Å²) in [5.41, 5.74) is 0. The van der Waals surface area contributed by atoms with Crippen molar-refractivity contribution in [2.24, 2.45) is 0 Å². The lowest BCUT2D eigenvalue weighted by molar-refractivity contribution is -0.139. The maximum atomic E-state index is 12.1.